The van der Waals surface area contributed by atoms with Crippen molar-refractivity contribution < 1.29 is 9.84 Å². The second kappa shape index (κ2) is 5.13. The predicted molar refractivity (Wildman–Crippen MR) is 58.3 cm³/mol. The number of hydrogen-bond acceptors (Lipinski definition) is 2. The van der Waals surface area contributed by atoms with Crippen LogP contribution < -0.4 is 0 Å². The van der Waals surface area contributed by atoms with Crippen molar-refractivity contribution in [1.82, 2.24) is 0 Å². The van der Waals surface area contributed by atoms with Crippen molar-refractivity contribution >= 4 is 0 Å². The Morgan fingerprint density at radius 1 is 1.21 bits per heavy atom. The van der Waals surface area contributed by atoms with Crippen LogP contribution in [0.5, 0.6) is 0 Å². The van der Waals surface area contributed by atoms with E-state index in [-0.39, 0.29) is 11.7 Å². The predicted octanol–water partition coefficient (Wildman–Crippen LogP) is 2.74. The highest BCUT2D eigenvalue weighted by Crippen LogP contribution is 2.31. The first kappa shape index (κ1) is 12.0. The molecule has 1 aliphatic rings. The van der Waals surface area contributed by atoms with Crippen molar-refractivity contribution in [3.8, 4) is 0 Å². The first-order valence-corrected chi connectivity index (χ1v) is 5.78. The van der Waals surface area contributed by atoms with Crippen molar-refractivity contribution in [3.05, 3.63) is 0 Å². The average molecular weight is 200 g/mol. The Bertz CT molecular complexity index is 166. The number of hydrogen-bond donors (Lipinski definition) is 1. The fraction of sp³-hybridized carbons (Fsp3) is 1.00. The van der Waals surface area contributed by atoms with Gasteiger partial charge < -0.3 is 9.84 Å². The van der Waals surface area contributed by atoms with E-state index in [4.69, 9.17) is 4.74 Å². The Labute approximate surface area is 87.7 Å². The lowest BCUT2D eigenvalue weighted by Gasteiger charge is -2.30. The maximum atomic E-state index is 9.95. The maximum Gasteiger partial charge on any atom is 0.0626 e. The van der Waals surface area contributed by atoms with Crippen molar-refractivity contribution in [2.75, 3.05) is 7.11 Å². The Hall–Kier alpha value is -0.0800. The molecule has 84 valence electrons. The number of ether oxygens (including phenoxy) is 1. The zero-order chi connectivity index (χ0) is 10.6. The van der Waals surface area contributed by atoms with Gasteiger partial charge >= 0.3 is 0 Å². The molecule has 2 heteroatoms. The van der Waals surface area contributed by atoms with Gasteiger partial charge in [0.05, 0.1) is 11.7 Å². The summed E-state index contributed by atoms with van der Waals surface area (Å²) in [5.74, 6) is 0.437. The number of aliphatic hydroxyl groups excluding tert-OH is 1. The van der Waals surface area contributed by atoms with Crippen LogP contribution in [0.15, 0.2) is 0 Å². The topological polar surface area (TPSA) is 29.5 Å². The Kier molecular flexibility index (Phi) is 4.39. The second-order valence-electron chi connectivity index (χ2n) is 5.13. The fourth-order valence-electron chi connectivity index (χ4n) is 2.32. The van der Waals surface area contributed by atoms with Crippen LogP contribution in [-0.4, -0.2) is 23.9 Å². The van der Waals surface area contributed by atoms with Gasteiger partial charge in [0.2, 0.25) is 0 Å². The summed E-state index contributed by atoms with van der Waals surface area (Å²) in [5.41, 5.74) is -0.0873. The van der Waals surface area contributed by atoms with Crippen LogP contribution in [0.4, 0.5) is 0 Å². The van der Waals surface area contributed by atoms with Crippen molar-refractivity contribution in [1.29, 1.82) is 0 Å². The van der Waals surface area contributed by atoms with E-state index in [1.165, 1.54) is 19.3 Å². The van der Waals surface area contributed by atoms with Gasteiger partial charge in [0.15, 0.2) is 0 Å². The van der Waals surface area contributed by atoms with Gasteiger partial charge in [-0.25, -0.2) is 0 Å². The fourth-order valence-corrected chi connectivity index (χ4v) is 2.32. The quantitative estimate of drug-likeness (QED) is 0.710. The third-order valence-corrected chi connectivity index (χ3v) is 3.43. The molecule has 2 nitrogen and oxygen atoms in total. The Morgan fingerprint density at radius 2 is 1.86 bits per heavy atom. The maximum absolute atomic E-state index is 9.95. The highest BCUT2D eigenvalue weighted by molar-refractivity contribution is 4.80. The van der Waals surface area contributed by atoms with E-state index >= 15 is 0 Å². The van der Waals surface area contributed by atoms with Gasteiger partial charge in [-0.15, -0.1) is 0 Å². The average Bonchev–Trinajstić information content (AvgIpc) is 2.32. The zero-order valence-electron chi connectivity index (χ0n) is 9.75. The van der Waals surface area contributed by atoms with Crippen LogP contribution in [0, 0.1) is 5.92 Å². The molecule has 0 aromatic heterocycles. The molecule has 0 spiro atoms. The molecule has 0 aromatic rings. The van der Waals surface area contributed by atoms with E-state index in [1.807, 2.05) is 0 Å². The molecule has 1 N–H and O–H groups in total. The van der Waals surface area contributed by atoms with Crippen LogP contribution in [0.3, 0.4) is 0 Å². The van der Waals surface area contributed by atoms with E-state index in [2.05, 4.69) is 13.8 Å². The molecule has 2 unspecified atom stereocenters. The van der Waals surface area contributed by atoms with Crippen LogP contribution in [-0.2, 0) is 4.74 Å². The number of aliphatic hydroxyl groups is 1. The summed E-state index contributed by atoms with van der Waals surface area (Å²) in [6.45, 7) is 4.20. The summed E-state index contributed by atoms with van der Waals surface area (Å²) >= 11 is 0. The van der Waals surface area contributed by atoms with E-state index in [0.29, 0.717) is 5.92 Å². The zero-order valence-corrected chi connectivity index (χ0v) is 9.75. The summed E-state index contributed by atoms with van der Waals surface area (Å²) < 4.78 is 5.42. The number of methoxy groups -OCH3 is 1. The lowest BCUT2D eigenvalue weighted by atomic mass is 9.86. The molecule has 0 amide bonds. The summed E-state index contributed by atoms with van der Waals surface area (Å²) in [6, 6.07) is 0. The first-order valence-electron chi connectivity index (χ1n) is 5.78. The van der Waals surface area contributed by atoms with Crippen molar-refractivity contribution in [2.24, 2.45) is 5.92 Å². The highest BCUT2D eigenvalue weighted by atomic mass is 16.5. The summed E-state index contributed by atoms with van der Waals surface area (Å²) in [7, 11) is 1.75. The Morgan fingerprint density at radius 3 is 2.50 bits per heavy atom. The molecule has 0 radical (unpaired) electrons. The van der Waals surface area contributed by atoms with Gasteiger partial charge in [-0.3, -0.25) is 0 Å². The van der Waals surface area contributed by atoms with Gasteiger partial charge in [0, 0.05) is 7.11 Å². The highest BCUT2D eigenvalue weighted by Gasteiger charge is 2.28. The van der Waals surface area contributed by atoms with E-state index in [9.17, 15) is 5.11 Å². The van der Waals surface area contributed by atoms with Crippen molar-refractivity contribution in [2.45, 2.75) is 64.1 Å². The molecular weight excluding hydrogens is 176 g/mol. The van der Waals surface area contributed by atoms with Crippen LogP contribution in [0.25, 0.3) is 0 Å². The third kappa shape index (κ3) is 3.58. The molecule has 0 bridgehead atoms. The van der Waals surface area contributed by atoms with E-state index in [0.717, 1.165) is 19.3 Å². The molecule has 2 atom stereocenters. The molecule has 0 aliphatic heterocycles. The molecule has 0 aromatic carbocycles. The van der Waals surface area contributed by atoms with Crippen LogP contribution in [0.1, 0.15) is 52.4 Å². The summed E-state index contributed by atoms with van der Waals surface area (Å²) in [4.78, 5) is 0. The minimum absolute atomic E-state index is 0.0873. The Balaban J connectivity index is 2.48. The molecule has 1 saturated carbocycles. The molecule has 1 fully saturated rings. The smallest absolute Gasteiger partial charge is 0.0626 e. The largest absolute Gasteiger partial charge is 0.393 e. The molecule has 1 aliphatic carbocycles. The van der Waals surface area contributed by atoms with Gasteiger partial charge in [0.25, 0.3) is 0 Å². The molecule has 1 rings (SSSR count). The normalized spacial score (nSPS) is 30.0. The minimum Gasteiger partial charge on any atom is -0.393 e. The lowest BCUT2D eigenvalue weighted by molar-refractivity contribution is -0.0220. The second-order valence-corrected chi connectivity index (χ2v) is 5.13. The lowest BCUT2D eigenvalue weighted by Crippen LogP contribution is -2.31. The number of rotatable bonds is 3. The minimum atomic E-state index is -0.105. The molecular formula is C12H24O2. The monoisotopic (exact) mass is 200 g/mol. The van der Waals surface area contributed by atoms with Gasteiger partial charge in [-0.1, -0.05) is 19.3 Å². The van der Waals surface area contributed by atoms with Crippen molar-refractivity contribution in [3.63, 3.8) is 0 Å². The third-order valence-electron chi connectivity index (χ3n) is 3.43. The standard InChI is InChI=1S/C12H24O2/c1-12(2,14-3)9-10-7-5-4-6-8-11(10)13/h10-11,13H,4-9H2,1-3H3. The van der Waals surface area contributed by atoms with Gasteiger partial charge in [0.1, 0.15) is 0 Å². The first-order chi connectivity index (χ1) is 6.55. The molecule has 0 heterocycles. The van der Waals surface area contributed by atoms with Gasteiger partial charge in [-0.2, -0.15) is 0 Å². The summed E-state index contributed by atoms with van der Waals surface area (Å²) in [5, 5.41) is 9.95. The van der Waals surface area contributed by atoms with Gasteiger partial charge in [-0.05, 0) is 39.0 Å². The summed E-state index contributed by atoms with van der Waals surface area (Å²) in [6.07, 6.45) is 6.74. The van der Waals surface area contributed by atoms with Crippen LogP contribution in [0.2, 0.25) is 0 Å². The van der Waals surface area contributed by atoms with E-state index in [1.54, 1.807) is 7.11 Å². The molecule has 0 saturated heterocycles. The molecule has 14 heavy (non-hydrogen) atoms. The van der Waals surface area contributed by atoms with E-state index < -0.39 is 0 Å². The van der Waals surface area contributed by atoms with Crippen LogP contribution >= 0.6 is 0 Å². The SMILES string of the molecule is COC(C)(C)CC1CCCCCC1O.